The highest BCUT2D eigenvalue weighted by atomic mass is 35.5. The predicted molar refractivity (Wildman–Crippen MR) is 116 cm³/mol. The number of alkyl halides is 2. The van der Waals surface area contributed by atoms with Crippen LogP contribution in [-0.2, 0) is 19.2 Å². The molecular weight excluding hydrogens is 441 g/mol. The molecule has 182 valence electrons. The lowest BCUT2D eigenvalue weighted by molar-refractivity contribution is -0.141. The van der Waals surface area contributed by atoms with Crippen molar-refractivity contribution >= 4 is 23.4 Å². The Labute approximate surface area is 193 Å². The van der Waals surface area contributed by atoms with Crippen molar-refractivity contribution in [3.8, 4) is 0 Å². The number of carbonyl (C=O) groups excluding carboxylic acids is 2. The molecule has 8 nitrogen and oxygen atoms in total. The zero-order valence-corrected chi connectivity index (χ0v) is 19.5. The first-order valence-corrected chi connectivity index (χ1v) is 12.2. The van der Waals surface area contributed by atoms with E-state index in [0.29, 0.717) is 44.9 Å². The van der Waals surface area contributed by atoms with Gasteiger partial charge in [0.05, 0.1) is 35.1 Å². The Hall–Kier alpha value is -1.00. The standard InChI is InChI=1S/C22H35ClFN3O5/c1-12-19(13(2)32-27-12)20(30)26-22-7-5-21(6-8-22,10-17(22)28)25-18(29)11-31-14-3-4-15(23)16(24)9-14/h12-17,19,27-28H,3-11H2,1-2H3,(H,25,29)(H,26,30). The van der Waals surface area contributed by atoms with Gasteiger partial charge in [-0.25, -0.2) is 4.39 Å². The smallest absolute Gasteiger partial charge is 0.246 e. The van der Waals surface area contributed by atoms with Crippen molar-refractivity contribution in [1.82, 2.24) is 16.1 Å². The minimum atomic E-state index is -1.11. The molecule has 0 aromatic heterocycles. The van der Waals surface area contributed by atoms with E-state index in [9.17, 15) is 19.1 Å². The molecule has 0 spiro atoms. The van der Waals surface area contributed by atoms with Crippen LogP contribution in [0.3, 0.4) is 0 Å². The number of aliphatic hydroxyl groups is 1. The van der Waals surface area contributed by atoms with Gasteiger partial charge < -0.3 is 20.5 Å². The number of carbonyl (C=O) groups is 2. The van der Waals surface area contributed by atoms with Crippen LogP contribution in [0.1, 0.15) is 65.2 Å². The lowest BCUT2D eigenvalue weighted by atomic mass is 9.59. The van der Waals surface area contributed by atoms with E-state index in [2.05, 4.69) is 16.1 Å². The van der Waals surface area contributed by atoms with Gasteiger partial charge in [-0.05, 0) is 58.8 Å². The molecule has 0 aromatic rings. The van der Waals surface area contributed by atoms with Crippen LogP contribution in [0.4, 0.5) is 4.39 Å². The zero-order chi connectivity index (χ0) is 23.1. The van der Waals surface area contributed by atoms with Crippen molar-refractivity contribution in [3.63, 3.8) is 0 Å². The summed E-state index contributed by atoms with van der Waals surface area (Å²) in [6, 6.07) is -0.101. The normalized spacial score (nSPS) is 46.1. The quantitative estimate of drug-likeness (QED) is 0.433. The van der Waals surface area contributed by atoms with Gasteiger partial charge in [0, 0.05) is 18.0 Å². The fraction of sp³-hybridized carbons (Fsp3) is 0.909. The topological polar surface area (TPSA) is 109 Å². The maximum atomic E-state index is 13.8. The molecule has 2 amide bonds. The molecular formula is C22H35ClFN3O5. The summed E-state index contributed by atoms with van der Waals surface area (Å²) >= 11 is 5.90. The van der Waals surface area contributed by atoms with Crippen molar-refractivity contribution in [2.24, 2.45) is 5.92 Å². The van der Waals surface area contributed by atoms with Crippen LogP contribution in [0.5, 0.6) is 0 Å². The third-order valence-electron chi connectivity index (χ3n) is 7.98. The van der Waals surface area contributed by atoms with Crippen LogP contribution < -0.4 is 16.1 Å². The molecule has 0 radical (unpaired) electrons. The van der Waals surface area contributed by atoms with Crippen LogP contribution >= 0.6 is 11.6 Å². The van der Waals surface area contributed by atoms with Crippen molar-refractivity contribution < 1.29 is 28.7 Å². The summed E-state index contributed by atoms with van der Waals surface area (Å²) < 4.78 is 19.4. The van der Waals surface area contributed by atoms with Gasteiger partial charge in [-0.1, -0.05) is 0 Å². The molecule has 5 aliphatic rings. The highest BCUT2D eigenvalue weighted by Gasteiger charge is 2.56. The summed E-state index contributed by atoms with van der Waals surface area (Å²) in [4.78, 5) is 30.9. The highest BCUT2D eigenvalue weighted by molar-refractivity contribution is 6.21. The maximum Gasteiger partial charge on any atom is 0.246 e. The highest BCUT2D eigenvalue weighted by Crippen LogP contribution is 2.47. The lowest BCUT2D eigenvalue weighted by Gasteiger charge is -2.56. The van der Waals surface area contributed by atoms with Gasteiger partial charge in [-0.3, -0.25) is 14.4 Å². The van der Waals surface area contributed by atoms with E-state index in [1.165, 1.54) is 0 Å². The van der Waals surface area contributed by atoms with Crippen molar-refractivity contribution in [3.05, 3.63) is 0 Å². The molecule has 1 heterocycles. The van der Waals surface area contributed by atoms with E-state index >= 15 is 0 Å². The number of aliphatic hydroxyl groups excluding tert-OH is 1. The summed E-state index contributed by atoms with van der Waals surface area (Å²) in [7, 11) is 0. The molecule has 0 aromatic carbocycles. The summed E-state index contributed by atoms with van der Waals surface area (Å²) in [5, 5.41) is 16.7. The molecule has 2 bridgehead atoms. The van der Waals surface area contributed by atoms with E-state index in [-0.39, 0.29) is 49.0 Å². The Morgan fingerprint density at radius 1 is 1.22 bits per heavy atom. The number of hydrogen-bond donors (Lipinski definition) is 4. The van der Waals surface area contributed by atoms with Crippen LogP contribution in [0.25, 0.3) is 0 Å². The number of halogens is 2. The van der Waals surface area contributed by atoms with E-state index in [0.717, 1.165) is 0 Å². The maximum absolute atomic E-state index is 13.8. The van der Waals surface area contributed by atoms with E-state index < -0.39 is 28.7 Å². The molecule has 1 saturated heterocycles. The van der Waals surface area contributed by atoms with E-state index in [1.807, 2.05) is 13.8 Å². The Bertz CT molecular complexity index is 710. The Morgan fingerprint density at radius 2 is 1.94 bits per heavy atom. The predicted octanol–water partition coefficient (Wildman–Crippen LogP) is 1.48. The third-order valence-corrected chi connectivity index (χ3v) is 8.47. The van der Waals surface area contributed by atoms with Crippen molar-refractivity contribution in [1.29, 1.82) is 0 Å². The first-order valence-electron chi connectivity index (χ1n) is 11.8. The molecule has 4 aliphatic carbocycles. The average molecular weight is 476 g/mol. The molecule has 1 aliphatic heterocycles. The van der Waals surface area contributed by atoms with Gasteiger partial charge in [0.25, 0.3) is 0 Å². The number of rotatable bonds is 6. The molecule has 5 fully saturated rings. The number of ether oxygens (including phenoxy) is 1. The second kappa shape index (κ2) is 9.33. The van der Waals surface area contributed by atoms with Crippen molar-refractivity contribution in [2.75, 3.05) is 6.61 Å². The van der Waals surface area contributed by atoms with Crippen LogP contribution in [0.15, 0.2) is 0 Å². The summed E-state index contributed by atoms with van der Waals surface area (Å²) in [6.45, 7) is 3.63. The van der Waals surface area contributed by atoms with Crippen LogP contribution in [-0.4, -0.2) is 70.5 Å². The Balaban J connectivity index is 1.28. The number of amides is 2. The first kappa shape index (κ1) is 24.1. The number of nitrogens with one attached hydrogen (secondary N) is 3. The SMILES string of the molecule is CC1NOC(C)C1C(=O)NC12CCC(NC(=O)COC3CCC(Cl)C(F)C3)(CC1)CC2O. The Morgan fingerprint density at radius 3 is 2.53 bits per heavy atom. The molecule has 5 rings (SSSR count). The second-order valence-corrected chi connectivity index (χ2v) is 10.8. The number of fused-ring (bicyclic) bond motifs is 3. The fourth-order valence-corrected chi connectivity index (χ4v) is 6.15. The third kappa shape index (κ3) is 4.78. The Kier molecular flexibility index (Phi) is 7.04. The van der Waals surface area contributed by atoms with E-state index in [1.54, 1.807) is 0 Å². The second-order valence-electron chi connectivity index (χ2n) is 10.2. The molecule has 7 unspecified atom stereocenters. The van der Waals surface area contributed by atoms with E-state index in [4.69, 9.17) is 21.2 Å². The van der Waals surface area contributed by atoms with Crippen LogP contribution in [0.2, 0.25) is 0 Å². The lowest BCUT2D eigenvalue weighted by Crippen LogP contribution is -2.71. The van der Waals surface area contributed by atoms with Gasteiger partial charge in [0.2, 0.25) is 11.8 Å². The van der Waals surface area contributed by atoms with Gasteiger partial charge in [0.1, 0.15) is 12.8 Å². The van der Waals surface area contributed by atoms with Crippen LogP contribution in [0, 0.1) is 5.92 Å². The van der Waals surface area contributed by atoms with Gasteiger partial charge in [-0.2, -0.15) is 5.48 Å². The van der Waals surface area contributed by atoms with Gasteiger partial charge in [-0.15, -0.1) is 11.6 Å². The zero-order valence-electron chi connectivity index (χ0n) is 18.7. The minimum Gasteiger partial charge on any atom is -0.391 e. The molecule has 4 saturated carbocycles. The van der Waals surface area contributed by atoms with Crippen molar-refractivity contribution in [2.45, 2.75) is 112 Å². The fourth-order valence-electron chi connectivity index (χ4n) is 5.92. The molecule has 7 atom stereocenters. The largest absolute Gasteiger partial charge is 0.391 e. The minimum absolute atomic E-state index is 0.101. The molecule has 32 heavy (non-hydrogen) atoms. The molecule has 4 N–H and O–H groups in total. The number of hydrogen-bond acceptors (Lipinski definition) is 6. The summed E-state index contributed by atoms with van der Waals surface area (Å²) in [6.07, 6.45) is 1.92. The average Bonchev–Trinajstić information content (AvgIpc) is 3.08. The first-order chi connectivity index (χ1) is 15.1. The van der Waals surface area contributed by atoms with Gasteiger partial charge in [0.15, 0.2) is 0 Å². The van der Waals surface area contributed by atoms with Gasteiger partial charge >= 0.3 is 0 Å². The molecule has 10 heteroatoms. The summed E-state index contributed by atoms with van der Waals surface area (Å²) in [5.74, 6) is -0.686. The monoisotopic (exact) mass is 475 g/mol. The summed E-state index contributed by atoms with van der Waals surface area (Å²) in [5.41, 5.74) is 1.68. The number of hydroxylamine groups is 1.